The first-order valence-electron chi connectivity index (χ1n) is 3.81. The Labute approximate surface area is 81.6 Å². The molecule has 0 saturated carbocycles. The molecule has 3 N–H and O–H groups in total. The molecule has 70 valence electrons. The highest BCUT2D eigenvalue weighted by molar-refractivity contribution is 7.98. The van der Waals surface area contributed by atoms with Crippen molar-refractivity contribution in [2.24, 2.45) is 10.9 Å². The molecule has 13 heavy (non-hydrogen) atoms. The average Bonchev–Trinajstić information content (AvgIpc) is 2.16. The van der Waals surface area contributed by atoms with Gasteiger partial charge in [0.05, 0.1) is 0 Å². The first kappa shape index (κ1) is 9.92. The Balaban J connectivity index is 3.23. The fourth-order valence-electron chi connectivity index (χ4n) is 1.08. The lowest BCUT2D eigenvalue weighted by atomic mass is 10.1. The van der Waals surface area contributed by atoms with Crippen LogP contribution >= 0.6 is 11.8 Å². The van der Waals surface area contributed by atoms with Gasteiger partial charge < -0.3 is 10.9 Å². The predicted molar refractivity (Wildman–Crippen MR) is 55.5 cm³/mol. The number of oxime groups is 1. The molecule has 0 aromatic heterocycles. The van der Waals surface area contributed by atoms with E-state index in [0.717, 1.165) is 16.0 Å². The molecule has 3 nitrogen and oxygen atoms in total. The average molecular weight is 196 g/mol. The van der Waals surface area contributed by atoms with Crippen LogP contribution in [0.2, 0.25) is 0 Å². The van der Waals surface area contributed by atoms with E-state index in [9.17, 15) is 0 Å². The van der Waals surface area contributed by atoms with E-state index in [1.54, 1.807) is 11.8 Å². The van der Waals surface area contributed by atoms with Crippen molar-refractivity contribution < 1.29 is 5.21 Å². The van der Waals surface area contributed by atoms with Crippen LogP contribution in [0.25, 0.3) is 0 Å². The van der Waals surface area contributed by atoms with Gasteiger partial charge in [0.25, 0.3) is 0 Å². The Morgan fingerprint density at radius 1 is 1.54 bits per heavy atom. The van der Waals surface area contributed by atoms with Crippen molar-refractivity contribution in [2.45, 2.75) is 11.8 Å². The Kier molecular flexibility index (Phi) is 3.19. The zero-order chi connectivity index (χ0) is 9.84. The number of benzene rings is 1. The third-order valence-corrected chi connectivity index (χ3v) is 2.53. The molecule has 0 radical (unpaired) electrons. The summed E-state index contributed by atoms with van der Waals surface area (Å²) >= 11 is 1.58. The van der Waals surface area contributed by atoms with E-state index in [0.29, 0.717) is 0 Å². The summed E-state index contributed by atoms with van der Waals surface area (Å²) in [6.07, 6.45) is 1.96. The highest BCUT2D eigenvalue weighted by Crippen LogP contribution is 2.21. The first-order chi connectivity index (χ1) is 6.19. The van der Waals surface area contributed by atoms with Crippen LogP contribution in [0.15, 0.2) is 28.3 Å². The minimum atomic E-state index is 0.160. The van der Waals surface area contributed by atoms with E-state index in [-0.39, 0.29) is 5.84 Å². The van der Waals surface area contributed by atoms with Gasteiger partial charge in [-0.2, -0.15) is 0 Å². The lowest BCUT2D eigenvalue weighted by molar-refractivity contribution is 0.318. The summed E-state index contributed by atoms with van der Waals surface area (Å²) < 4.78 is 0. The predicted octanol–water partition coefficient (Wildman–Crippen LogP) is 1.81. The smallest absolute Gasteiger partial charge is 0.171 e. The minimum absolute atomic E-state index is 0.160. The maximum Gasteiger partial charge on any atom is 0.171 e. The third-order valence-electron chi connectivity index (χ3n) is 1.74. The van der Waals surface area contributed by atoms with E-state index in [1.165, 1.54) is 0 Å². The molecular formula is C9H12N2OS. The van der Waals surface area contributed by atoms with Gasteiger partial charge in [0, 0.05) is 10.5 Å². The van der Waals surface area contributed by atoms with E-state index < -0.39 is 0 Å². The van der Waals surface area contributed by atoms with Crippen molar-refractivity contribution in [1.29, 1.82) is 0 Å². The molecule has 0 atom stereocenters. The maximum atomic E-state index is 8.55. The number of nitrogens with two attached hydrogens (primary N) is 1. The van der Waals surface area contributed by atoms with Gasteiger partial charge in [0.15, 0.2) is 5.84 Å². The summed E-state index contributed by atoms with van der Waals surface area (Å²) in [5, 5.41) is 11.5. The lowest BCUT2D eigenvalue weighted by Gasteiger charge is -2.06. The molecule has 0 aliphatic rings. The molecule has 0 aliphatic heterocycles. The second-order valence-electron chi connectivity index (χ2n) is 2.69. The third kappa shape index (κ3) is 2.15. The van der Waals surface area contributed by atoms with Crippen molar-refractivity contribution in [3.05, 3.63) is 29.3 Å². The van der Waals surface area contributed by atoms with Crippen LogP contribution in [0.5, 0.6) is 0 Å². The fraction of sp³-hybridized carbons (Fsp3) is 0.222. The molecule has 0 heterocycles. The Bertz CT molecular complexity index is 336. The number of rotatable bonds is 2. The van der Waals surface area contributed by atoms with Crippen LogP contribution in [0.4, 0.5) is 0 Å². The van der Waals surface area contributed by atoms with E-state index in [2.05, 4.69) is 5.16 Å². The van der Waals surface area contributed by atoms with Crippen LogP contribution in [-0.2, 0) is 0 Å². The zero-order valence-electron chi connectivity index (χ0n) is 7.61. The van der Waals surface area contributed by atoms with Gasteiger partial charge in [-0.05, 0) is 25.3 Å². The van der Waals surface area contributed by atoms with Crippen molar-refractivity contribution in [3.8, 4) is 0 Å². The molecule has 1 rings (SSSR count). The Morgan fingerprint density at radius 3 is 2.77 bits per heavy atom. The van der Waals surface area contributed by atoms with Gasteiger partial charge >= 0.3 is 0 Å². The molecule has 4 heteroatoms. The van der Waals surface area contributed by atoms with Crippen molar-refractivity contribution in [1.82, 2.24) is 0 Å². The number of amidine groups is 1. The van der Waals surface area contributed by atoms with E-state index >= 15 is 0 Å². The summed E-state index contributed by atoms with van der Waals surface area (Å²) in [4.78, 5) is 1.01. The van der Waals surface area contributed by atoms with Crippen LogP contribution < -0.4 is 5.73 Å². The fourth-order valence-corrected chi connectivity index (χ4v) is 1.66. The van der Waals surface area contributed by atoms with Crippen LogP contribution in [0.1, 0.15) is 11.1 Å². The lowest BCUT2D eigenvalue weighted by Crippen LogP contribution is -2.14. The summed E-state index contributed by atoms with van der Waals surface area (Å²) in [5.74, 6) is 0.160. The molecule has 0 unspecified atom stereocenters. The normalized spacial score (nSPS) is 11.7. The van der Waals surface area contributed by atoms with E-state index in [4.69, 9.17) is 10.9 Å². The summed E-state index contributed by atoms with van der Waals surface area (Å²) in [7, 11) is 0. The number of nitrogens with zero attached hydrogens (tertiary/aromatic N) is 1. The number of thioether (sulfide) groups is 1. The van der Waals surface area contributed by atoms with Gasteiger partial charge in [0.1, 0.15) is 0 Å². The molecule has 1 aromatic carbocycles. The van der Waals surface area contributed by atoms with Gasteiger partial charge in [-0.1, -0.05) is 16.8 Å². The summed E-state index contributed by atoms with van der Waals surface area (Å²) in [6.45, 7) is 1.97. The molecule has 0 aliphatic carbocycles. The maximum absolute atomic E-state index is 8.55. The quantitative estimate of drug-likeness (QED) is 0.249. The molecule has 0 amide bonds. The van der Waals surface area contributed by atoms with Crippen molar-refractivity contribution in [3.63, 3.8) is 0 Å². The second kappa shape index (κ2) is 4.18. The van der Waals surface area contributed by atoms with Gasteiger partial charge in [-0.15, -0.1) is 11.8 Å². The largest absolute Gasteiger partial charge is 0.409 e. The standard InChI is InChI=1S/C9H12N2OS/c1-6-3-4-8(13-2)7(5-6)9(10)11-12/h3-5,12H,1-2H3,(H2,10,11). The highest BCUT2D eigenvalue weighted by atomic mass is 32.2. The summed E-state index contributed by atoms with van der Waals surface area (Å²) in [5.41, 5.74) is 7.41. The highest BCUT2D eigenvalue weighted by Gasteiger charge is 2.05. The molecule has 0 fully saturated rings. The van der Waals surface area contributed by atoms with Gasteiger partial charge in [0.2, 0.25) is 0 Å². The first-order valence-corrected chi connectivity index (χ1v) is 5.04. The van der Waals surface area contributed by atoms with Crippen LogP contribution in [0.3, 0.4) is 0 Å². The van der Waals surface area contributed by atoms with Gasteiger partial charge in [-0.3, -0.25) is 0 Å². The van der Waals surface area contributed by atoms with Crippen molar-refractivity contribution >= 4 is 17.6 Å². The van der Waals surface area contributed by atoms with Crippen LogP contribution in [-0.4, -0.2) is 17.3 Å². The molecule has 0 saturated heterocycles. The molecule has 0 bridgehead atoms. The second-order valence-corrected chi connectivity index (χ2v) is 3.54. The SMILES string of the molecule is CSc1ccc(C)cc1/C(N)=N/O. The van der Waals surface area contributed by atoms with Crippen LogP contribution in [0, 0.1) is 6.92 Å². The number of aryl methyl sites for hydroxylation is 1. The topological polar surface area (TPSA) is 58.6 Å². The Hall–Kier alpha value is -1.16. The number of hydrogen-bond donors (Lipinski definition) is 2. The monoisotopic (exact) mass is 196 g/mol. The van der Waals surface area contributed by atoms with E-state index in [1.807, 2.05) is 31.4 Å². The zero-order valence-corrected chi connectivity index (χ0v) is 8.43. The van der Waals surface area contributed by atoms with Gasteiger partial charge in [-0.25, -0.2) is 0 Å². The molecular weight excluding hydrogens is 184 g/mol. The molecule has 0 spiro atoms. The van der Waals surface area contributed by atoms with Crippen molar-refractivity contribution in [2.75, 3.05) is 6.26 Å². The Morgan fingerprint density at radius 2 is 2.23 bits per heavy atom. The molecule has 1 aromatic rings. The minimum Gasteiger partial charge on any atom is -0.409 e. The number of hydrogen-bond acceptors (Lipinski definition) is 3. The summed E-state index contributed by atoms with van der Waals surface area (Å²) in [6, 6.07) is 5.87.